The average Bonchev–Trinajstić information content (AvgIpc) is 3.36. The van der Waals surface area contributed by atoms with Crippen molar-refractivity contribution in [3.63, 3.8) is 0 Å². The van der Waals surface area contributed by atoms with Gasteiger partial charge in [0.15, 0.2) is 22.9 Å². The number of hydrogen-bond donors (Lipinski definition) is 1. The van der Waals surface area contributed by atoms with Gasteiger partial charge in [-0.05, 0) is 42.8 Å². The second-order valence-corrected chi connectivity index (χ2v) is 8.28. The second-order valence-electron chi connectivity index (χ2n) is 8.28. The molecule has 0 aliphatic rings. The van der Waals surface area contributed by atoms with Crippen LogP contribution in [0.4, 0.5) is 5.82 Å². The summed E-state index contributed by atoms with van der Waals surface area (Å²) >= 11 is 0. The zero-order valence-electron chi connectivity index (χ0n) is 21.6. The topological polar surface area (TPSA) is 123 Å². The lowest BCUT2D eigenvalue weighted by Gasteiger charge is -2.13. The Kier molecular flexibility index (Phi) is 7.48. The Morgan fingerprint density at radius 1 is 0.923 bits per heavy atom. The van der Waals surface area contributed by atoms with Crippen molar-refractivity contribution in [2.75, 3.05) is 26.1 Å². The summed E-state index contributed by atoms with van der Waals surface area (Å²) in [6.45, 7) is 2.60. The molecule has 4 heterocycles. The van der Waals surface area contributed by atoms with E-state index in [1.807, 2.05) is 25.1 Å². The number of nitrogens with one attached hydrogen (secondary N) is 1. The molecule has 11 heteroatoms. The Bertz CT molecular complexity index is 1590. The molecule has 0 saturated carbocycles. The summed E-state index contributed by atoms with van der Waals surface area (Å²) in [7, 11) is 3.14. The van der Waals surface area contributed by atoms with E-state index in [0.29, 0.717) is 53.2 Å². The maximum absolute atomic E-state index is 13.2. The number of rotatable bonds is 10. The molecule has 4 aromatic heterocycles. The Morgan fingerprint density at radius 2 is 1.77 bits per heavy atom. The van der Waals surface area contributed by atoms with Gasteiger partial charge in [-0.1, -0.05) is 6.07 Å². The third-order valence-electron chi connectivity index (χ3n) is 5.79. The maximum atomic E-state index is 13.2. The largest absolute Gasteiger partial charge is 0.493 e. The van der Waals surface area contributed by atoms with Crippen LogP contribution in [0, 0.1) is 0 Å². The van der Waals surface area contributed by atoms with Gasteiger partial charge in [-0.15, -0.1) is 0 Å². The van der Waals surface area contributed by atoms with E-state index < -0.39 is 5.91 Å². The van der Waals surface area contributed by atoms with Crippen LogP contribution in [0.5, 0.6) is 28.7 Å². The molecule has 0 radical (unpaired) electrons. The molecule has 1 N–H and O–H groups in total. The first kappa shape index (κ1) is 25.5. The summed E-state index contributed by atoms with van der Waals surface area (Å²) < 4.78 is 24.1. The quantitative estimate of drug-likeness (QED) is 0.275. The molecule has 1 amide bonds. The Hall–Kier alpha value is -5.19. The number of amides is 1. The smallest absolute Gasteiger partial charge is 0.278 e. The fourth-order valence-electron chi connectivity index (χ4n) is 4.00. The normalized spacial score (nSPS) is 10.7. The van der Waals surface area contributed by atoms with Crippen molar-refractivity contribution in [3.8, 4) is 28.7 Å². The van der Waals surface area contributed by atoms with Gasteiger partial charge in [0.25, 0.3) is 5.91 Å². The summed E-state index contributed by atoms with van der Waals surface area (Å²) in [6, 6.07) is 12.5. The lowest BCUT2D eigenvalue weighted by Crippen LogP contribution is -2.20. The van der Waals surface area contributed by atoms with E-state index in [0.717, 1.165) is 10.9 Å². The zero-order valence-corrected chi connectivity index (χ0v) is 21.6. The third kappa shape index (κ3) is 5.57. The van der Waals surface area contributed by atoms with Crippen molar-refractivity contribution in [2.45, 2.75) is 13.5 Å². The second kappa shape index (κ2) is 11.5. The van der Waals surface area contributed by atoms with Gasteiger partial charge in [-0.25, -0.2) is 4.98 Å². The van der Waals surface area contributed by atoms with Gasteiger partial charge in [-0.3, -0.25) is 19.4 Å². The van der Waals surface area contributed by atoms with Gasteiger partial charge >= 0.3 is 0 Å². The van der Waals surface area contributed by atoms with Crippen LogP contribution in [0.3, 0.4) is 0 Å². The SMILES string of the molecule is CCOc1cnn(Cc2cccnc2)c1C(=O)Nc1ccc(Oc2ccnc3cc(OC)c(OC)cc23)cn1. The van der Waals surface area contributed by atoms with Gasteiger partial charge in [0.1, 0.15) is 17.3 Å². The van der Waals surface area contributed by atoms with Crippen molar-refractivity contribution in [2.24, 2.45) is 0 Å². The molecule has 11 nitrogen and oxygen atoms in total. The highest BCUT2D eigenvalue weighted by atomic mass is 16.5. The molecule has 0 atom stereocenters. The summed E-state index contributed by atoms with van der Waals surface area (Å²) in [5.41, 5.74) is 1.88. The third-order valence-corrected chi connectivity index (χ3v) is 5.79. The van der Waals surface area contributed by atoms with Crippen LogP contribution >= 0.6 is 0 Å². The molecule has 39 heavy (non-hydrogen) atoms. The molecule has 0 spiro atoms. The monoisotopic (exact) mass is 526 g/mol. The lowest BCUT2D eigenvalue weighted by atomic mass is 10.2. The number of carbonyl (C=O) groups excluding carboxylic acids is 1. The highest BCUT2D eigenvalue weighted by Gasteiger charge is 2.21. The molecule has 5 rings (SSSR count). The van der Waals surface area contributed by atoms with Crippen molar-refractivity contribution >= 4 is 22.6 Å². The van der Waals surface area contributed by atoms with E-state index in [9.17, 15) is 4.79 Å². The van der Waals surface area contributed by atoms with E-state index in [1.165, 1.54) is 12.4 Å². The van der Waals surface area contributed by atoms with Crippen LogP contribution in [0.25, 0.3) is 10.9 Å². The Morgan fingerprint density at radius 3 is 2.49 bits per heavy atom. The molecular formula is C28H26N6O5. The van der Waals surface area contributed by atoms with Crippen molar-refractivity contribution < 1.29 is 23.7 Å². The van der Waals surface area contributed by atoms with Gasteiger partial charge in [-0.2, -0.15) is 5.10 Å². The molecule has 1 aromatic carbocycles. The molecule has 5 aromatic rings. The number of nitrogens with zero attached hydrogens (tertiary/aromatic N) is 5. The fourth-order valence-corrected chi connectivity index (χ4v) is 4.00. The molecule has 0 fully saturated rings. The van der Waals surface area contributed by atoms with Crippen LogP contribution in [0.1, 0.15) is 23.0 Å². The van der Waals surface area contributed by atoms with Crippen molar-refractivity contribution in [3.05, 3.63) is 84.7 Å². The van der Waals surface area contributed by atoms with Crippen LogP contribution in [0.2, 0.25) is 0 Å². The van der Waals surface area contributed by atoms with Crippen LogP contribution in [-0.4, -0.2) is 51.5 Å². The highest BCUT2D eigenvalue weighted by molar-refractivity contribution is 6.04. The number of anilines is 1. The number of carbonyl (C=O) groups is 1. The number of ether oxygens (including phenoxy) is 4. The zero-order chi connectivity index (χ0) is 27.2. The first-order valence-electron chi connectivity index (χ1n) is 12.1. The molecule has 0 aliphatic heterocycles. The van der Waals surface area contributed by atoms with Gasteiger partial charge in [0.2, 0.25) is 0 Å². The van der Waals surface area contributed by atoms with Crippen LogP contribution in [0.15, 0.2) is 73.4 Å². The first-order chi connectivity index (χ1) is 19.1. The van der Waals surface area contributed by atoms with Crippen LogP contribution < -0.4 is 24.3 Å². The summed E-state index contributed by atoms with van der Waals surface area (Å²) in [6.07, 6.45) is 8.12. The minimum Gasteiger partial charge on any atom is -0.493 e. The average molecular weight is 527 g/mol. The van der Waals surface area contributed by atoms with E-state index in [-0.39, 0.29) is 5.69 Å². The fraction of sp³-hybridized carbons (Fsp3) is 0.179. The number of benzene rings is 1. The predicted octanol–water partition coefficient (Wildman–Crippen LogP) is 4.73. The minimum atomic E-state index is -0.401. The summed E-state index contributed by atoms with van der Waals surface area (Å²) in [5.74, 6) is 2.51. The number of fused-ring (bicyclic) bond motifs is 1. The molecular weight excluding hydrogens is 500 g/mol. The number of methoxy groups -OCH3 is 2. The van der Waals surface area contributed by atoms with Crippen LogP contribution in [-0.2, 0) is 6.54 Å². The van der Waals surface area contributed by atoms with Gasteiger partial charge < -0.3 is 24.3 Å². The number of pyridine rings is 3. The molecule has 0 unspecified atom stereocenters. The van der Waals surface area contributed by atoms with E-state index in [2.05, 4.69) is 25.4 Å². The standard InChI is InChI=1S/C28H26N6O5/c1-4-38-25-16-32-34(17-18-6-5-10-29-14-18)27(25)28(35)33-26-8-7-19(15-31-26)39-22-9-11-30-21-13-24(37-3)23(36-2)12-20(21)22/h5-16H,4,17H2,1-3H3,(H,31,33,35). The molecule has 198 valence electrons. The minimum absolute atomic E-state index is 0.287. The van der Waals surface area contributed by atoms with Gasteiger partial charge in [0.05, 0.1) is 45.3 Å². The van der Waals surface area contributed by atoms with E-state index >= 15 is 0 Å². The lowest BCUT2D eigenvalue weighted by molar-refractivity contribution is 0.101. The predicted molar refractivity (Wildman–Crippen MR) is 144 cm³/mol. The highest BCUT2D eigenvalue weighted by Crippen LogP contribution is 2.36. The van der Waals surface area contributed by atoms with E-state index in [1.54, 1.807) is 61.8 Å². The maximum Gasteiger partial charge on any atom is 0.278 e. The first-order valence-corrected chi connectivity index (χ1v) is 12.1. The Labute approximate surface area is 224 Å². The summed E-state index contributed by atoms with van der Waals surface area (Å²) in [5, 5.41) is 7.91. The molecule has 0 saturated heterocycles. The van der Waals surface area contributed by atoms with Gasteiger partial charge in [0, 0.05) is 30.0 Å². The summed E-state index contributed by atoms with van der Waals surface area (Å²) in [4.78, 5) is 26.1. The van der Waals surface area contributed by atoms with Crippen molar-refractivity contribution in [1.29, 1.82) is 0 Å². The van der Waals surface area contributed by atoms with Crippen molar-refractivity contribution in [1.82, 2.24) is 24.7 Å². The van der Waals surface area contributed by atoms with E-state index in [4.69, 9.17) is 18.9 Å². The molecule has 0 bridgehead atoms. The number of aromatic nitrogens is 5. The number of hydrogen-bond acceptors (Lipinski definition) is 9. The Balaban J connectivity index is 1.34. The molecule has 0 aliphatic carbocycles.